The van der Waals surface area contributed by atoms with Gasteiger partial charge < -0.3 is 9.80 Å². The Bertz CT molecular complexity index is 540. The molecule has 6 heteroatoms. The summed E-state index contributed by atoms with van der Waals surface area (Å²) in [5.74, 6) is 0.881. The van der Waals surface area contributed by atoms with Crippen molar-refractivity contribution in [2.24, 2.45) is 0 Å². The van der Waals surface area contributed by atoms with E-state index in [1.165, 1.54) is 6.07 Å². The fourth-order valence-electron chi connectivity index (χ4n) is 2.18. The molecule has 0 unspecified atom stereocenters. The van der Waals surface area contributed by atoms with Crippen LogP contribution in [-0.4, -0.2) is 41.1 Å². The van der Waals surface area contributed by atoms with E-state index in [-0.39, 0.29) is 5.82 Å². The molecule has 0 aromatic carbocycles. The van der Waals surface area contributed by atoms with Gasteiger partial charge in [0.15, 0.2) is 11.6 Å². The van der Waals surface area contributed by atoms with E-state index in [0.29, 0.717) is 18.9 Å². The minimum absolute atomic E-state index is 0.271. The highest BCUT2D eigenvalue weighted by molar-refractivity contribution is 5.43. The summed E-state index contributed by atoms with van der Waals surface area (Å²) in [5, 5.41) is 0. The summed E-state index contributed by atoms with van der Waals surface area (Å²) in [7, 11) is 0. The molecule has 3 heterocycles. The van der Waals surface area contributed by atoms with Crippen LogP contribution in [-0.2, 0) is 0 Å². The summed E-state index contributed by atoms with van der Waals surface area (Å²) < 4.78 is 13.7. The SMILES string of the molecule is Fc1cccnc1N1CCN(c2ncccn2)CC1. The summed E-state index contributed by atoms with van der Waals surface area (Å²) >= 11 is 0. The van der Waals surface area contributed by atoms with Crippen LogP contribution in [0, 0.1) is 5.82 Å². The Balaban J connectivity index is 1.69. The lowest BCUT2D eigenvalue weighted by Crippen LogP contribution is -2.47. The molecule has 0 N–H and O–H groups in total. The van der Waals surface area contributed by atoms with Crippen molar-refractivity contribution in [3.05, 3.63) is 42.6 Å². The van der Waals surface area contributed by atoms with Crippen molar-refractivity contribution in [3.63, 3.8) is 0 Å². The minimum Gasteiger partial charge on any atom is -0.351 e. The lowest BCUT2D eigenvalue weighted by Gasteiger charge is -2.35. The Hall–Kier alpha value is -2.24. The number of hydrogen-bond acceptors (Lipinski definition) is 5. The minimum atomic E-state index is -0.271. The molecule has 0 amide bonds. The molecule has 2 aromatic rings. The second-order valence-electron chi connectivity index (χ2n) is 4.33. The van der Waals surface area contributed by atoms with Gasteiger partial charge >= 0.3 is 0 Å². The molecule has 2 aromatic heterocycles. The Kier molecular flexibility index (Phi) is 3.22. The molecule has 0 radical (unpaired) electrons. The fourth-order valence-corrected chi connectivity index (χ4v) is 2.18. The van der Waals surface area contributed by atoms with E-state index in [1.54, 1.807) is 30.7 Å². The van der Waals surface area contributed by atoms with Gasteiger partial charge in [-0.05, 0) is 18.2 Å². The van der Waals surface area contributed by atoms with Crippen LogP contribution in [0.25, 0.3) is 0 Å². The molecule has 0 spiro atoms. The largest absolute Gasteiger partial charge is 0.351 e. The molecular formula is C13H14FN5. The molecule has 1 fully saturated rings. The van der Waals surface area contributed by atoms with E-state index in [2.05, 4.69) is 19.9 Å². The summed E-state index contributed by atoms with van der Waals surface area (Å²) in [5.41, 5.74) is 0. The third-order valence-corrected chi connectivity index (χ3v) is 3.15. The van der Waals surface area contributed by atoms with Crippen molar-refractivity contribution in [3.8, 4) is 0 Å². The molecule has 0 atom stereocenters. The standard InChI is InChI=1S/C13H14FN5/c14-11-3-1-4-15-12(11)18-7-9-19(10-8-18)13-16-5-2-6-17-13/h1-6H,7-10H2. The average Bonchev–Trinajstić information content (AvgIpc) is 2.49. The second-order valence-corrected chi connectivity index (χ2v) is 4.33. The zero-order valence-corrected chi connectivity index (χ0v) is 10.4. The summed E-state index contributed by atoms with van der Waals surface area (Å²) in [6.07, 6.45) is 5.07. The Labute approximate surface area is 110 Å². The topological polar surface area (TPSA) is 45.2 Å². The van der Waals surface area contributed by atoms with Crippen LogP contribution < -0.4 is 9.80 Å². The van der Waals surface area contributed by atoms with Crippen molar-refractivity contribution >= 4 is 11.8 Å². The van der Waals surface area contributed by atoms with E-state index in [9.17, 15) is 4.39 Å². The first-order valence-corrected chi connectivity index (χ1v) is 6.22. The Morgan fingerprint density at radius 1 is 0.842 bits per heavy atom. The molecule has 0 saturated carbocycles. The first kappa shape index (κ1) is 11.8. The normalized spacial score (nSPS) is 15.6. The monoisotopic (exact) mass is 259 g/mol. The van der Waals surface area contributed by atoms with E-state index < -0.39 is 0 Å². The number of anilines is 2. The predicted molar refractivity (Wildman–Crippen MR) is 70.7 cm³/mol. The quantitative estimate of drug-likeness (QED) is 0.814. The number of pyridine rings is 1. The molecular weight excluding hydrogens is 245 g/mol. The van der Waals surface area contributed by atoms with Crippen molar-refractivity contribution < 1.29 is 4.39 Å². The van der Waals surface area contributed by atoms with Crippen LogP contribution in [0.15, 0.2) is 36.8 Å². The van der Waals surface area contributed by atoms with E-state index in [4.69, 9.17) is 0 Å². The van der Waals surface area contributed by atoms with Gasteiger partial charge in [-0.1, -0.05) is 0 Å². The van der Waals surface area contributed by atoms with Gasteiger partial charge in [0.1, 0.15) is 0 Å². The van der Waals surface area contributed by atoms with Gasteiger partial charge in [0.2, 0.25) is 5.95 Å². The maximum absolute atomic E-state index is 13.7. The van der Waals surface area contributed by atoms with Gasteiger partial charge in [-0.3, -0.25) is 0 Å². The first-order chi connectivity index (χ1) is 9.34. The smallest absolute Gasteiger partial charge is 0.225 e. The zero-order chi connectivity index (χ0) is 13.1. The van der Waals surface area contributed by atoms with Crippen LogP contribution in [0.1, 0.15) is 0 Å². The van der Waals surface area contributed by atoms with Crippen LogP contribution in [0.3, 0.4) is 0 Å². The predicted octanol–water partition coefficient (Wildman–Crippen LogP) is 1.34. The molecule has 3 rings (SSSR count). The summed E-state index contributed by atoms with van der Waals surface area (Å²) in [4.78, 5) is 16.6. The third-order valence-electron chi connectivity index (χ3n) is 3.15. The van der Waals surface area contributed by atoms with Gasteiger partial charge in [-0.25, -0.2) is 19.3 Å². The van der Waals surface area contributed by atoms with E-state index >= 15 is 0 Å². The number of nitrogens with zero attached hydrogens (tertiary/aromatic N) is 5. The molecule has 1 aliphatic rings. The van der Waals surface area contributed by atoms with Gasteiger partial charge in [0.05, 0.1) is 0 Å². The zero-order valence-electron chi connectivity index (χ0n) is 10.4. The van der Waals surface area contributed by atoms with Crippen molar-refractivity contribution in [1.82, 2.24) is 15.0 Å². The number of rotatable bonds is 2. The molecule has 19 heavy (non-hydrogen) atoms. The van der Waals surface area contributed by atoms with Crippen LogP contribution in [0.4, 0.5) is 16.2 Å². The highest BCUT2D eigenvalue weighted by Gasteiger charge is 2.21. The van der Waals surface area contributed by atoms with Gasteiger partial charge in [-0.15, -0.1) is 0 Å². The van der Waals surface area contributed by atoms with Crippen molar-refractivity contribution in [2.75, 3.05) is 36.0 Å². The van der Waals surface area contributed by atoms with Crippen LogP contribution >= 0.6 is 0 Å². The lowest BCUT2D eigenvalue weighted by atomic mass is 10.3. The van der Waals surface area contributed by atoms with Crippen molar-refractivity contribution in [2.45, 2.75) is 0 Å². The highest BCUT2D eigenvalue weighted by atomic mass is 19.1. The van der Waals surface area contributed by atoms with Crippen LogP contribution in [0.2, 0.25) is 0 Å². The van der Waals surface area contributed by atoms with Gasteiger partial charge in [0, 0.05) is 44.8 Å². The maximum Gasteiger partial charge on any atom is 0.225 e. The summed E-state index contributed by atoms with van der Waals surface area (Å²) in [6, 6.07) is 4.84. The van der Waals surface area contributed by atoms with Crippen molar-refractivity contribution in [1.29, 1.82) is 0 Å². The Morgan fingerprint density at radius 3 is 2.16 bits per heavy atom. The molecule has 98 valence electrons. The molecule has 0 aliphatic carbocycles. The number of piperazine rings is 1. The summed E-state index contributed by atoms with van der Waals surface area (Å²) in [6.45, 7) is 2.96. The molecule has 1 aliphatic heterocycles. The maximum atomic E-state index is 13.7. The average molecular weight is 259 g/mol. The number of halogens is 1. The molecule has 0 bridgehead atoms. The van der Waals surface area contributed by atoms with Gasteiger partial charge in [0.25, 0.3) is 0 Å². The highest BCUT2D eigenvalue weighted by Crippen LogP contribution is 2.18. The first-order valence-electron chi connectivity index (χ1n) is 6.22. The third kappa shape index (κ3) is 2.47. The number of aromatic nitrogens is 3. The molecule has 1 saturated heterocycles. The van der Waals surface area contributed by atoms with Gasteiger partial charge in [-0.2, -0.15) is 0 Å². The lowest BCUT2D eigenvalue weighted by molar-refractivity contribution is 0.585. The Morgan fingerprint density at radius 2 is 1.47 bits per heavy atom. The van der Waals surface area contributed by atoms with Crippen LogP contribution in [0.5, 0.6) is 0 Å². The van der Waals surface area contributed by atoms with E-state index in [0.717, 1.165) is 19.0 Å². The second kappa shape index (κ2) is 5.17. The number of hydrogen-bond donors (Lipinski definition) is 0. The molecule has 5 nitrogen and oxygen atoms in total. The van der Waals surface area contributed by atoms with E-state index in [1.807, 2.05) is 4.90 Å². The fraction of sp³-hybridized carbons (Fsp3) is 0.308.